The monoisotopic (exact) mass is 579 g/mol. The van der Waals surface area contributed by atoms with Crippen LogP contribution in [-0.4, -0.2) is 29.0 Å². The van der Waals surface area contributed by atoms with Gasteiger partial charge in [-0.2, -0.15) is 0 Å². The van der Waals surface area contributed by atoms with Crippen LogP contribution in [0.2, 0.25) is 0 Å². The Morgan fingerprint density at radius 1 is 1.42 bits per heavy atom. The molecule has 1 fully saturated rings. The van der Waals surface area contributed by atoms with Gasteiger partial charge < -0.3 is 0 Å². The molecule has 3 rings (SSSR count). The SMILES string of the molecule is C=C[C@H]1C[I-]N(I)[C@@H]([C@@H](O)c2ccnc3ccc(OC)cc23)CC[C@H]1C. The molecule has 1 aliphatic heterocycles. The number of allylic oxidation sites excluding steroid dienone is 1. The number of fused-ring (bicyclic) bond motifs is 1. The summed E-state index contributed by atoms with van der Waals surface area (Å²) in [5, 5.41) is 12.3. The third kappa shape index (κ3) is 4.34. The van der Waals surface area contributed by atoms with Crippen molar-refractivity contribution in [3.8, 4) is 5.75 Å². The fourth-order valence-corrected chi connectivity index (χ4v) is 8.16. The van der Waals surface area contributed by atoms with Crippen molar-refractivity contribution in [2.24, 2.45) is 11.8 Å². The van der Waals surface area contributed by atoms with Crippen LogP contribution >= 0.6 is 22.9 Å². The number of aromatic nitrogens is 1. The van der Waals surface area contributed by atoms with Gasteiger partial charge in [0.2, 0.25) is 0 Å². The van der Waals surface area contributed by atoms with E-state index in [1.807, 2.05) is 24.3 Å². The number of hydrogen-bond acceptors (Lipinski definition) is 4. The summed E-state index contributed by atoms with van der Waals surface area (Å²) in [7, 11) is 1.66. The molecule has 2 heterocycles. The van der Waals surface area contributed by atoms with Gasteiger partial charge in [0.05, 0.1) is 0 Å². The predicted molar refractivity (Wildman–Crippen MR) is 110 cm³/mol. The first-order chi connectivity index (χ1) is 12.5. The number of nitrogens with zero attached hydrogens (tertiary/aromatic N) is 2. The number of rotatable bonds is 4. The molecule has 1 aromatic carbocycles. The number of hydrogen-bond donors (Lipinski definition) is 1. The second-order valence-corrected chi connectivity index (χ2v) is 12.3. The molecule has 26 heavy (non-hydrogen) atoms. The van der Waals surface area contributed by atoms with Crippen molar-refractivity contribution in [1.82, 2.24) is 6.31 Å². The summed E-state index contributed by atoms with van der Waals surface area (Å²) in [6, 6.07) is 7.92. The summed E-state index contributed by atoms with van der Waals surface area (Å²) in [5.74, 6) is 2.02. The molecule has 0 radical (unpaired) electrons. The first-order valence-corrected chi connectivity index (χ1v) is 12.3. The topological polar surface area (TPSA) is 45.6 Å². The van der Waals surface area contributed by atoms with Crippen LogP contribution in [0.5, 0.6) is 5.75 Å². The van der Waals surface area contributed by atoms with Crippen LogP contribution in [-0.2, 0) is 0 Å². The van der Waals surface area contributed by atoms with Crippen LogP contribution in [0, 0.1) is 11.8 Å². The first kappa shape index (κ1) is 20.3. The van der Waals surface area contributed by atoms with E-state index in [1.54, 1.807) is 13.3 Å². The predicted octanol–water partition coefficient (Wildman–Crippen LogP) is 1.53. The average molecular weight is 579 g/mol. The standard InChI is InChI=1S/C20H25I2N2O2/c1-4-14-12-22-24(21)19(8-5-13(14)2)20(25)16-9-10-23-18-7-6-15(26-3)11-17(16)18/h4,6-7,9-11,13-14,19-20,25H,1,5,8,12H2,2-3H3/q-1/t13-,14+,19-,20+/m1/s1. The van der Waals surface area contributed by atoms with E-state index in [0.717, 1.165) is 35.1 Å². The van der Waals surface area contributed by atoms with Crippen molar-refractivity contribution in [3.05, 3.63) is 48.7 Å². The van der Waals surface area contributed by atoms with E-state index in [0.29, 0.717) is 11.8 Å². The van der Waals surface area contributed by atoms with Gasteiger partial charge in [-0.1, -0.05) is 0 Å². The van der Waals surface area contributed by atoms with Gasteiger partial charge in [0.25, 0.3) is 0 Å². The molecule has 142 valence electrons. The molecular weight excluding hydrogens is 554 g/mol. The second kappa shape index (κ2) is 9.16. The van der Waals surface area contributed by atoms with E-state index >= 15 is 0 Å². The van der Waals surface area contributed by atoms with E-state index in [1.165, 1.54) is 4.43 Å². The number of aliphatic hydroxyl groups excluding tert-OH is 1. The van der Waals surface area contributed by atoms with E-state index in [2.05, 4.69) is 48.8 Å². The number of alkyl halides is 1. The van der Waals surface area contributed by atoms with Gasteiger partial charge >= 0.3 is 181 Å². The molecule has 0 saturated carbocycles. The zero-order valence-corrected chi connectivity index (χ0v) is 19.4. The summed E-state index contributed by atoms with van der Waals surface area (Å²) < 4.78 is 8.95. The molecule has 4 nitrogen and oxygen atoms in total. The van der Waals surface area contributed by atoms with Crippen molar-refractivity contribution < 1.29 is 31.3 Å². The van der Waals surface area contributed by atoms with Crippen LogP contribution in [0.3, 0.4) is 0 Å². The van der Waals surface area contributed by atoms with Crippen LogP contribution in [0.15, 0.2) is 43.1 Å². The molecule has 0 unspecified atom stereocenters. The number of methoxy groups -OCH3 is 1. The number of halogens is 2. The fourth-order valence-electron chi connectivity index (χ4n) is 3.43. The van der Waals surface area contributed by atoms with Crippen LogP contribution in [0.1, 0.15) is 31.4 Å². The Bertz CT molecular complexity index is 771. The molecule has 0 amide bonds. The Labute approximate surface area is 180 Å². The molecule has 1 aliphatic rings. The minimum atomic E-state index is -0.531. The van der Waals surface area contributed by atoms with Gasteiger partial charge in [-0.05, 0) is 0 Å². The van der Waals surface area contributed by atoms with Crippen LogP contribution < -0.4 is 26.2 Å². The van der Waals surface area contributed by atoms with Crippen LogP contribution in [0.4, 0.5) is 0 Å². The van der Waals surface area contributed by atoms with E-state index in [4.69, 9.17) is 4.74 Å². The number of benzene rings is 1. The van der Waals surface area contributed by atoms with Crippen molar-refractivity contribution in [2.75, 3.05) is 11.5 Å². The number of aliphatic hydroxyl groups is 1. The number of pyridine rings is 1. The maximum atomic E-state index is 11.3. The molecule has 6 heteroatoms. The Balaban J connectivity index is 1.91. The summed E-state index contributed by atoms with van der Waals surface area (Å²) in [5.41, 5.74) is 1.83. The number of ether oxygens (including phenoxy) is 1. The van der Waals surface area contributed by atoms with Crippen molar-refractivity contribution in [2.45, 2.75) is 31.9 Å². The van der Waals surface area contributed by atoms with Crippen molar-refractivity contribution >= 4 is 33.8 Å². The summed E-state index contributed by atoms with van der Waals surface area (Å²) in [6.45, 7) is 6.33. The van der Waals surface area contributed by atoms with Gasteiger partial charge in [-0.15, -0.1) is 0 Å². The first-order valence-electron chi connectivity index (χ1n) is 8.82. The van der Waals surface area contributed by atoms with Crippen molar-refractivity contribution in [3.63, 3.8) is 0 Å². The molecule has 0 aliphatic carbocycles. The Kier molecular flexibility index (Phi) is 7.15. The third-order valence-corrected chi connectivity index (χ3v) is 10.5. The summed E-state index contributed by atoms with van der Waals surface area (Å²) in [4.78, 5) is 4.44. The molecular formula is C20H25I2N2O2-. The van der Waals surface area contributed by atoms with Gasteiger partial charge in [0.15, 0.2) is 0 Å². The molecule has 2 aromatic rings. The van der Waals surface area contributed by atoms with E-state index in [9.17, 15) is 5.11 Å². The normalized spacial score (nSPS) is 26.4. The zero-order valence-electron chi connectivity index (χ0n) is 15.1. The van der Waals surface area contributed by atoms with Crippen molar-refractivity contribution in [1.29, 1.82) is 0 Å². The molecule has 0 bridgehead atoms. The molecule has 1 saturated heterocycles. The molecule has 0 spiro atoms. The minimum absolute atomic E-state index is 0.133. The third-order valence-electron chi connectivity index (χ3n) is 5.23. The van der Waals surface area contributed by atoms with Gasteiger partial charge in [0.1, 0.15) is 0 Å². The average Bonchev–Trinajstić information content (AvgIpc) is 2.66. The fraction of sp³-hybridized carbons (Fsp3) is 0.450. The summed E-state index contributed by atoms with van der Waals surface area (Å²) >= 11 is 2.28. The van der Waals surface area contributed by atoms with E-state index < -0.39 is 6.10 Å². The van der Waals surface area contributed by atoms with E-state index in [-0.39, 0.29) is 27.5 Å². The molecule has 1 N–H and O–H groups in total. The maximum absolute atomic E-state index is 11.3. The molecule has 4 atom stereocenters. The van der Waals surface area contributed by atoms with Gasteiger partial charge in [-0.25, -0.2) is 0 Å². The quantitative estimate of drug-likeness (QED) is 0.259. The molecule has 1 aromatic heterocycles. The van der Waals surface area contributed by atoms with Gasteiger partial charge in [0, 0.05) is 0 Å². The second-order valence-electron chi connectivity index (χ2n) is 6.78. The Hall–Kier alpha value is -0.450. The Morgan fingerprint density at radius 3 is 2.96 bits per heavy atom. The zero-order chi connectivity index (χ0) is 18.7. The van der Waals surface area contributed by atoms with Crippen LogP contribution in [0.25, 0.3) is 10.9 Å². The Morgan fingerprint density at radius 2 is 2.23 bits per heavy atom. The summed E-state index contributed by atoms with van der Waals surface area (Å²) in [6.07, 6.45) is 5.47. The van der Waals surface area contributed by atoms with Gasteiger partial charge in [-0.3, -0.25) is 0 Å².